The molecule has 0 N–H and O–H groups in total. The van der Waals surface area contributed by atoms with Gasteiger partial charge in [0, 0.05) is 23.3 Å². The second-order valence-corrected chi connectivity index (χ2v) is 5.91. The Morgan fingerprint density at radius 1 is 1.05 bits per heavy atom. The van der Waals surface area contributed by atoms with E-state index in [0.29, 0.717) is 5.52 Å². The molecular weight excluding hydrogens is 402 g/mol. The molecule has 2 aromatic rings. The number of pyridine rings is 1. The van der Waals surface area contributed by atoms with E-state index >= 15 is 0 Å². The number of fused-ring (bicyclic) bond motifs is 4. The zero-order valence-electron chi connectivity index (χ0n) is 11.1. The van der Waals surface area contributed by atoms with Gasteiger partial charge in [0.15, 0.2) is 0 Å². The van der Waals surface area contributed by atoms with E-state index in [9.17, 15) is 4.39 Å². The summed E-state index contributed by atoms with van der Waals surface area (Å²) in [6.45, 7) is 0. The third kappa shape index (κ3) is 1.92. The van der Waals surface area contributed by atoms with Crippen molar-refractivity contribution in [2.45, 2.75) is 0 Å². The molecule has 0 aromatic heterocycles. The van der Waals surface area contributed by atoms with Crippen LogP contribution in [0.5, 0.6) is 0 Å². The molecule has 21 heavy (non-hydrogen) atoms. The lowest BCUT2D eigenvalue weighted by Gasteiger charge is -2.14. The first-order valence-corrected chi connectivity index (χ1v) is 7.37. The average molecular weight is 413 g/mol. The summed E-state index contributed by atoms with van der Waals surface area (Å²) < 4.78 is 17.1. The molecule has 0 radical (unpaired) electrons. The fourth-order valence-electron chi connectivity index (χ4n) is 2.80. The summed E-state index contributed by atoms with van der Waals surface area (Å²) in [6.07, 6.45) is 0. The Morgan fingerprint density at radius 3 is 2.57 bits per heavy atom. The van der Waals surface area contributed by atoms with Gasteiger partial charge < -0.3 is 4.57 Å². The lowest BCUT2D eigenvalue weighted by atomic mass is 10.1. The summed E-state index contributed by atoms with van der Waals surface area (Å²) in [7, 11) is 2.01. The average Bonchev–Trinajstić information content (AvgIpc) is 2.86. The van der Waals surface area contributed by atoms with E-state index in [0.717, 1.165) is 31.2 Å². The summed E-state index contributed by atoms with van der Waals surface area (Å²) in [6, 6.07) is 13.3. The third-order valence-corrected chi connectivity index (χ3v) is 4.83. The fraction of sp³-hybridized carbons (Fsp3) is 0.0625. The van der Waals surface area contributed by atoms with E-state index in [4.69, 9.17) is 0 Å². The van der Waals surface area contributed by atoms with Crippen molar-refractivity contribution >= 4 is 56.8 Å². The van der Waals surface area contributed by atoms with Crippen LogP contribution in [0.25, 0.3) is 33.2 Å². The van der Waals surface area contributed by atoms with Gasteiger partial charge in [-0.3, -0.25) is 0 Å². The highest BCUT2D eigenvalue weighted by atomic mass is 127. The molecule has 5 heteroatoms. The van der Waals surface area contributed by atoms with Crippen LogP contribution in [0, 0.1) is 9.39 Å². The molecule has 2 aromatic carbocycles. The van der Waals surface area contributed by atoms with E-state index in [-0.39, 0.29) is 18.2 Å². The Hall–Kier alpha value is -1.40. The van der Waals surface area contributed by atoms with Crippen LogP contribution < -0.4 is 0 Å². The largest absolute Gasteiger partial charge is 0.342 e. The van der Waals surface area contributed by atoms with Crippen molar-refractivity contribution in [3.8, 4) is 11.4 Å². The molecule has 0 atom stereocenters. The highest BCUT2D eigenvalue weighted by Crippen LogP contribution is 2.38. The van der Waals surface area contributed by atoms with Crippen LogP contribution >= 0.6 is 35.0 Å². The number of hydrogen-bond acceptors (Lipinski definition) is 1. The van der Waals surface area contributed by atoms with Crippen molar-refractivity contribution in [1.82, 2.24) is 9.55 Å². The second-order valence-electron chi connectivity index (χ2n) is 4.84. The molecule has 2 aliphatic rings. The van der Waals surface area contributed by atoms with Crippen LogP contribution in [0.15, 0.2) is 42.5 Å². The van der Waals surface area contributed by atoms with E-state index < -0.39 is 0 Å². The third-order valence-electron chi connectivity index (χ3n) is 3.74. The normalized spacial score (nSPS) is 11.2. The van der Waals surface area contributed by atoms with Crippen molar-refractivity contribution < 1.29 is 4.39 Å². The standard InChI is InChI=1S/C16H10FIN2.ClH/c1-20-12-8-3-2-5-9(12)13(18)15-16(20)10-6-4-7-11(17)14(10)19-15;/h2-8H,1H3;1H. The summed E-state index contributed by atoms with van der Waals surface area (Å²) in [5, 5.41) is 2.01. The number of hydrogen-bond donors (Lipinski definition) is 0. The fourth-order valence-corrected chi connectivity index (χ4v) is 3.64. The molecule has 4 rings (SSSR count). The zero-order valence-corrected chi connectivity index (χ0v) is 14.1. The molecule has 0 aliphatic carbocycles. The van der Waals surface area contributed by atoms with E-state index in [1.165, 1.54) is 6.07 Å². The second kappa shape index (κ2) is 5.10. The number of para-hydroxylation sites is 2. The predicted molar refractivity (Wildman–Crippen MR) is 94.8 cm³/mol. The highest BCUT2D eigenvalue weighted by molar-refractivity contribution is 14.1. The molecule has 0 unspecified atom stereocenters. The number of halogens is 3. The number of aryl methyl sites for hydroxylation is 1. The molecule has 106 valence electrons. The Morgan fingerprint density at radius 2 is 1.76 bits per heavy atom. The molecule has 0 amide bonds. The zero-order chi connectivity index (χ0) is 13.9. The number of rotatable bonds is 0. The monoisotopic (exact) mass is 412 g/mol. The van der Waals surface area contributed by atoms with Crippen molar-refractivity contribution in [1.29, 1.82) is 0 Å². The van der Waals surface area contributed by atoms with Crippen molar-refractivity contribution in [2.24, 2.45) is 7.05 Å². The number of nitrogens with zero attached hydrogens (tertiary/aromatic N) is 2. The summed E-state index contributed by atoms with van der Waals surface area (Å²) in [5.41, 5.74) is 3.43. The van der Waals surface area contributed by atoms with Gasteiger partial charge >= 0.3 is 0 Å². The van der Waals surface area contributed by atoms with Crippen LogP contribution in [0.2, 0.25) is 0 Å². The Balaban J connectivity index is 0.00000132. The number of aromatic nitrogens is 2. The van der Waals surface area contributed by atoms with Gasteiger partial charge in [-0.15, -0.1) is 12.4 Å². The molecule has 0 spiro atoms. The Bertz CT molecular complexity index is 948. The lowest BCUT2D eigenvalue weighted by Crippen LogP contribution is -2.01. The van der Waals surface area contributed by atoms with Gasteiger partial charge in [0.1, 0.15) is 17.0 Å². The molecule has 2 heterocycles. The van der Waals surface area contributed by atoms with Gasteiger partial charge in [-0.05, 0) is 34.7 Å². The van der Waals surface area contributed by atoms with E-state index in [1.807, 2.05) is 25.2 Å². The van der Waals surface area contributed by atoms with Crippen LogP contribution in [-0.4, -0.2) is 9.55 Å². The van der Waals surface area contributed by atoms with Crippen molar-refractivity contribution in [3.63, 3.8) is 0 Å². The maximum atomic E-state index is 14.0. The van der Waals surface area contributed by atoms with Gasteiger partial charge in [-0.1, -0.05) is 30.3 Å². The van der Waals surface area contributed by atoms with Crippen LogP contribution in [0.4, 0.5) is 4.39 Å². The molecule has 2 aliphatic heterocycles. The minimum absolute atomic E-state index is 0. The van der Waals surface area contributed by atoms with Gasteiger partial charge in [-0.2, -0.15) is 0 Å². The molecule has 0 saturated heterocycles. The molecule has 2 nitrogen and oxygen atoms in total. The predicted octanol–water partition coefficient (Wildman–Crippen LogP) is 5.00. The maximum Gasteiger partial charge on any atom is 0.149 e. The summed E-state index contributed by atoms with van der Waals surface area (Å²) in [5.74, 6) is -0.265. The Kier molecular flexibility index (Phi) is 3.53. The molecule has 0 fully saturated rings. The van der Waals surface area contributed by atoms with Crippen LogP contribution in [0.3, 0.4) is 0 Å². The van der Waals surface area contributed by atoms with Gasteiger partial charge in [0.05, 0.1) is 9.26 Å². The smallest absolute Gasteiger partial charge is 0.149 e. The van der Waals surface area contributed by atoms with Crippen molar-refractivity contribution in [2.75, 3.05) is 0 Å². The molecule has 0 saturated carbocycles. The Labute approximate surface area is 140 Å². The minimum atomic E-state index is -0.265. The van der Waals surface area contributed by atoms with Crippen LogP contribution in [0.1, 0.15) is 0 Å². The molecular formula is C16H11ClFIN2. The summed E-state index contributed by atoms with van der Waals surface area (Å²) in [4.78, 5) is 4.52. The van der Waals surface area contributed by atoms with E-state index in [2.05, 4.69) is 44.3 Å². The van der Waals surface area contributed by atoms with Crippen LogP contribution in [-0.2, 0) is 7.05 Å². The van der Waals surface area contributed by atoms with E-state index in [1.54, 1.807) is 6.07 Å². The first-order valence-electron chi connectivity index (χ1n) is 6.29. The number of benzene rings is 2. The first kappa shape index (κ1) is 14.5. The lowest BCUT2D eigenvalue weighted by molar-refractivity contribution is 0.637. The van der Waals surface area contributed by atoms with Gasteiger partial charge in [-0.25, -0.2) is 9.37 Å². The van der Waals surface area contributed by atoms with Gasteiger partial charge in [0.25, 0.3) is 0 Å². The maximum absolute atomic E-state index is 14.0. The quantitative estimate of drug-likeness (QED) is 0.372. The molecule has 0 bridgehead atoms. The topological polar surface area (TPSA) is 17.8 Å². The van der Waals surface area contributed by atoms with Crippen molar-refractivity contribution in [3.05, 3.63) is 51.9 Å². The highest BCUT2D eigenvalue weighted by Gasteiger charge is 2.21. The first-order chi connectivity index (χ1) is 9.68. The minimum Gasteiger partial charge on any atom is -0.342 e. The van der Waals surface area contributed by atoms with Gasteiger partial charge in [0.2, 0.25) is 0 Å². The SMILES string of the molecule is Cl.Cn1c2c3cccc(F)c3nc-2c(I)c2ccccc21. The summed E-state index contributed by atoms with van der Waals surface area (Å²) >= 11 is 2.30.